The van der Waals surface area contributed by atoms with Crippen molar-refractivity contribution in [2.75, 3.05) is 11.9 Å². The van der Waals surface area contributed by atoms with Gasteiger partial charge >= 0.3 is 6.18 Å². The molecule has 0 bridgehead atoms. The van der Waals surface area contributed by atoms with Crippen molar-refractivity contribution in [1.29, 1.82) is 0 Å². The molecule has 126 valence electrons. The fraction of sp³-hybridized carbons (Fsp3) is 0.188. The Morgan fingerprint density at radius 1 is 1.04 bits per heavy atom. The van der Waals surface area contributed by atoms with Crippen LogP contribution in [-0.2, 0) is 6.18 Å². The van der Waals surface area contributed by atoms with Crippen LogP contribution in [0.3, 0.4) is 0 Å². The number of para-hydroxylation sites is 1. The largest absolute Gasteiger partial charge is 0.416 e. The van der Waals surface area contributed by atoms with Gasteiger partial charge in [-0.3, -0.25) is 9.59 Å². The summed E-state index contributed by atoms with van der Waals surface area (Å²) in [5.41, 5.74) is -1.67. The molecule has 0 saturated carbocycles. The van der Waals surface area contributed by atoms with Gasteiger partial charge < -0.3 is 10.6 Å². The van der Waals surface area contributed by atoms with E-state index in [0.29, 0.717) is 17.8 Å². The van der Waals surface area contributed by atoms with Crippen molar-refractivity contribution in [3.63, 3.8) is 0 Å². The Kier molecular flexibility index (Phi) is 5.18. The summed E-state index contributed by atoms with van der Waals surface area (Å²) in [6.45, 7) is 1.84. The molecule has 5 nitrogen and oxygen atoms in total. The SMILES string of the molecule is CCNC(=O)c1cc(C(F)(F)F)cc(C(=O)Nc2ccccc2)n1. The summed E-state index contributed by atoms with van der Waals surface area (Å²) in [6.07, 6.45) is -4.70. The summed E-state index contributed by atoms with van der Waals surface area (Å²) in [5, 5.41) is 4.79. The van der Waals surface area contributed by atoms with Gasteiger partial charge in [-0.1, -0.05) is 18.2 Å². The lowest BCUT2D eigenvalue weighted by Crippen LogP contribution is -2.26. The molecule has 24 heavy (non-hydrogen) atoms. The minimum atomic E-state index is -4.70. The molecule has 2 amide bonds. The van der Waals surface area contributed by atoms with Crippen LogP contribution in [0, 0.1) is 0 Å². The maximum Gasteiger partial charge on any atom is 0.416 e. The molecular weight excluding hydrogens is 323 g/mol. The van der Waals surface area contributed by atoms with Gasteiger partial charge in [0.05, 0.1) is 5.56 Å². The predicted molar refractivity (Wildman–Crippen MR) is 81.6 cm³/mol. The number of hydrogen-bond acceptors (Lipinski definition) is 3. The molecule has 0 aliphatic rings. The summed E-state index contributed by atoms with van der Waals surface area (Å²) in [6, 6.07) is 9.44. The number of alkyl halides is 3. The van der Waals surface area contributed by atoms with Gasteiger partial charge in [0.15, 0.2) is 0 Å². The van der Waals surface area contributed by atoms with Crippen LogP contribution in [-0.4, -0.2) is 23.3 Å². The molecule has 2 N–H and O–H groups in total. The molecule has 0 saturated heterocycles. The van der Waals surface area contributed by atoms with E-state index in [4.69, 9.17) is 0 Å². The fourth-order valence-corrected chi connectivity index (χ4v) is 1.89. The second kappa shape index (κ2) is 7.12. The molecule has 0 aliphatic carbocycles. The van der Waals surface area contributed by atoms with Crippen LogP contribution < -0.4 is 10.6 Å². The van der Waals surface area contributed by atoms with Gasteiger partial charge in [0.2, 0.25) is 0 Å². The molecular formula is C16H14F3N3O2. The molecule has 0 unspecified atom stereocenters. The van der Waals surface area contributed by atoms with Gasteiger partial charge in [-0.05, 0) is 31.2 Å². The van der Waals surface area contributed by atoms with Crippen molar-refractivity contribution in [3.8, 4) is 0 Å². The van der Waals surface area contributed by atoms with Crippen LogP contribution in [0.25, 0.3) is 0 Å². The highest BCUT2D eigenvalue weighted by atomic mass is 19.4. The van der Waals surface area contributed by atoms with E-state index in [2.05, 4.69) is 15.6 Å². The predicted octanol–water partition coefficient (Wildman–Crippen LogP) is 3.10. The number of benzene rings is 1. The van der Waals surface area contributed by atoms with E-state index < -0.39 is 34.9 Å². The Labute approximate surface area is 135 Å². The number of carbonyl (C=O) groups excluding carboxylic acids is 2. The number of nitrogens with zero attached hydrogens (tertiary/aromatic N) is 1. The molecule has 1 heterocycles. The van der Waals surface area contributed by atoms with Crippen molar-refractivity contribution in [2.45, 2.75) is 13.1 Å². The molecule has 1 aromatic heterocycles. The van der Waals surface area contributed by atoms with Crippen molar-refractivity contribution in [1.82, 2.24) is 10.3 Å². The third-order valence-corrected chi connectivity index (χ3v) is 2.99. The molecule has 0 spiro atoms. The number of carbonyl (C=O) groups is 2. The second-order valence-electron chi connectivity index (χ2n) is 4.80. The maximum absolute atomic E-state index is 13.0. The van der Waals surface area contributed by atoms with Gasteiger partial charge in [0, 0.05) is 12.2 Å². The normalized spacial score (nSPS) is 11.0. The van der Waals surface area contributed by atoms with Crippen LogP contribution in [0.4, 0.5) is 18.9 Å². The Hall–Kier alpha value is -2.90. The topological polar surface area (TPSA) is 71.1 Å². The number of aromatic nitrogens is 1. The molecule has 0 aliphatic heterocycles. The standard InChI is InChI=1S/C16H14F3N3O2/c1-2-20-14(23)12-8-10(16(17,18)19)9-13(22-12)15(24)21-11-6-4-3-5-7-11/h3-9H,2H2,1H3,(H,20,23)(H,21,24). The zero-order chi connectivity index (χ0) is 17.7. The first-order valence-electron chi connectivity index (χ1n) is 7.05. The summed E-state index contributed by atoms with van der Waals surface area (Å²) < 4.78 is 39.0. The maximum atomic E-state index is 13.0. The van der Waals surface area contributed by atoms with Crippen LogP contribution >= 0.6 is 0 Å². The summed E-state index contributed by atoms with van der Waals surface area (Å²) in [7, 11) is 0. The van der Waals surface area contributed by atoms with Gasteiger partial charge in [-0.15, -0.1) is 0 Å². The molecule has 1 aromatic carbocycles. The quantitative estimate of drug-likeness (QED) is 0.900. The number of amides is 2. The van der Waals surface area contributed by atoms with Crippen molar-refractivity contribution >= 4 is 17.5 Å². The third-order valence-electron chi connectivity index (χ3n) is 2.99. The van der Waals surface area contributed by atoms with Gasteiger partial charge in [0.1, 0.15) is 11.4 Å². The van der Waals surface area contributed by atoms with Crippen LogP contribution in [0.1, 0.15) is 33.5 Å². The summed E-state index contributed by atoms with van der Waals surface area (Å²) in [4.78, 5) is 27.7. The molecule has 0 fully saturated rings. The molecule has 8 heteroatoms. The average molecular weight is 337 g/mol. The highest BCUT2D eigenvalue weighted by Crippen LogP contribution is 2.30. The molecule has 2 aromatic rings. The van der Waals surface area contributed by atoms with Crippen LogP contribution in [0.15, 0.2) is 42.5 Å². The average Bonchev–Trinajstić information content (AvgIpc) is 2.54. The van der Waals surface area contributed by atoms with Crippen molar-refractivity contribution in [2.24, 2.45) is 0 Å². The third kappa shape index (κ3) is 4.31. The number of hydrogen-bond donors (Lipinski definition) is 2. The highest BCUT2D eigenvalue weighted by molar-refractivity contribution is 6.04. The minimum Gasteiger partial charge on any atom is -0.351 e. The van der Waals surface area contributed by atoms with Crippen LogP contribution in [0.2, 0.25) is 0 Å². The van der Waals surface area contributed by atoms with E-state index in [1.807, 2.05) is 0 Å². The van der Waals surface area contributed by atoms with E-state index in [0.717, 1.165) is 0 Å². The number of pyridine rings is 1. The first-order valence-corrected chi connectivity index (χ1v) is 7.05. The van der Waals surface area contributed by atoms with Gasteiger partial charge in [-0.2, -0.15) is 13.2 Å². The lowest BCUT2D eigenvalue weighted by Gasteiger charge is -2.11. The zero-order valence-corrected chi connectivity index (χ0v) is 12.6. The van der Waals surface area contributed by atoms with Crippen LogP contribution in [0.5, 0.6) is 0 Å². The fourth-order valence-electron chi connectivity index (χ4n) is 1.89. The van der Waals surface area contributed by atoms with Gasteiger partial charge in [-0.25, -0.2) is 4.98 Å². The zero-order valence-electron chi connectivity index (χ0n) is 12.6. The molecule has 2 rings (SSSR count). The Balaban J connectivity index is 2.39. The second-order valence-corrected chi connectivity index (χ2v) is 4.80. The van der Waals surface area contributed by atoms with E-state index in [9.17, 15) is 22.8 Å². The number of nitrogens with one attached hydrogen (secondary N) is 2. The van der Waals surface area contributed by atoms with Crippen molar-refractivity contribution < 1.29 is 22.8 Å². The number of anilines is 1. The van der Waals surface area contributed by atoms with E-state index in [1.165, 1.54) is 0 Å². The smallest absolute Gasteiger partial charge is 0.351 e. The number of halogens is 3. The van der Waals surface area contributed by atoms with E-state index >= 15 is 0 Å². The van der Waals surface area contributed by atoms with E-state index in [-0.39, 0.29) is 6.54 Å². The minimum absolute atomic E-state index is 0.225. The Bertz CT molecular complexity index is 746. The highest BCUT2D eigenvalue weighted by Gasteiger charge is 2.33. The summed E-state index contributed by atoms with van der Waals surface area (Å²) >= 11 is 0. The van der Waals surface area contributed by atoms with E-state index in [1.54, 1.807) is 37.3 Å². The first-order chi connectivity index (χ1) is 11.3. The van der Waals surface area contributed by atoms with Crippen molar-refractivity contribution in [3.05, 3.63) is 59.4 Å². The van der Waals surface area contributed by atoms with Gasteiger partial charge in [0.25, 0.3) is 11.8 Å². The molecule has 0 atom stereocenters. The lowest BCUT2D eigenvalue weighted by molar-refractivity contribution is -0.137. The number of rotatable bonds is 4. The summed E-state index contributed by atoms with van der Waals surface area (Å²) in [5.74, 6) is -1.62. The Morgan fingerprint density at radius 2 is 1.62 bits per heavy atom. The lowest BCUT2D eigenvalue weighted by atomic mass is 10.1. The Morgan fingerprint density at radius 3 is 2.17 bits per heavy atom. The monoisotopic (exact) mass is 337 g/mol. The molecule has 0 radical (unpaired) electrons. The first kappa shape index (κ1) is 17.5.